The lowest BCUT2D eigenvalue weighted by Gasteiger charge is -2.31. The Morgan fingerprint density at radius 3 is 2.71 bits per heavy atom. The van der Waals surface area contributed by atoms with Gasteiger partial charge in [0.25, 0.3) is 5.91 Å². The number of alkyl halides is 3. The highest BCUT2D eigenvalue weighted by Gasteiger charge is 2.43. The number of morpholine rings is 1. The fourth-order valence-corrected chi connectivity index (χ4v) is 6.58. The second-order valence-corrected chi connectivity index (χ2v) is 12.9. The third-order valence-corrected chi connectivity index (χ3v) is 9.37. The number of hydrogen-bond donors (Lipinski definition) is 1. The number of benzene rings is 1. The second-order valence-electron chi connectivity index (χ2n) is 12.9. The molecule has 1 amide bonds. The molecule has 0 bridgehead atoms. The number of nitrogens with zero attached hydrogens (tertiary/aromatic N) is 8. The highest BCUT2D eigenvalue weighted by Crippen LogP contribution is 2.48. The predicted octanol–water partition coefficient (Wildman–Crippen LogP) is 5.44. The molecule has 1 atom stereocenters. The van der Waals surface area contributed by atoms with E-state index in [4.69, 9.17) is 9.72 Å². The van der Waals surface area contributed by atoms with Crippen molar-refractivity contribution in [2.45, 2.75) is 51.6 Å². The van der Waals surface area contributed by atoms with Gasteiger partial charge in [0.1, 0.15) is 18.0 Å². The Hall–Kier alpha value is -4.87. The van der Waals surface area contributed by atoms with E-state index in [2.05, 4.69) is 26.6 Å². The molecule has 0 radical (unpaired) electrons. The van der Waals surface area contributed by atoms with Gasteiger partial charge in [-0.15, -0.1) is 10.2 Å². The summed E-state index contributed by atoms with van der Waals surface area (Å²) in [7, 11) is 1.82. The number of hydrogen-bond acceptors (Lipinski definition) is 9. The van der Waals surface area contributed by atoms with Gasteiger partial charge in [-0.25, -0.2) is 4.98 Å². The Morgan fingerprint density at radius 1 is 1.17 bits per heavy atom. The molecule has 48 heavy (non-hydrogen) atoms. The van der Waals surface area contributed by atoms with Gasteiger partial charge in [-0.3, -0.25) is 19.6 Å². The third kappa shape index (κ3) is 6.23. The van der Waals surface area contributed by atoms with Gasteiger partial charge in [0.05, 0.1) is 30.9 Å². The molecule has 1 saturated carbocycles. The minimum Gasteiger partial charge on any atom is -0.376 e. The average Bonchev–Trinajstić information content (AvgIpc) is 3.56. The molecule has 248 valence electrons. The summed E-state index contributed by atoms with van der Waals surface area (Å²) in [5.41, 5.74) is 1.46. The highest BCUT2D eigenvalue weighted by atomic mass is 19.4. The average molecular weight is 658 g/mol. The zero-order valence-corrected chi connectivity index (χ0v) is 26.6. The number of carbonyl (C=O) groups is 1. The molecular weight excluding hydrogens is 623 g/mol. The van der Waals surface area contributed by atoms with Crippen LogP contribution in [0, 0.1) is 16.7 Å². The summed E-state index contributed by atoms with van der Waals surface area (Å²) >= 11 is 0. The molecule has 2 aliphatic heterocycles. The SMILES string of the molecule is C[C@H]1CN(Cc2cc3c(c(C(F)(F)F)c2)CN(c2cc(-c4cnccc4-c4nncn4C)cc(NCC4(CC#N)CC4)n2)C3=O)CCO1. The van der Waals surface area contributed by atoms with E-state index in [1.54, 1.807) is 35.4 Å². The maximum atomic E-state index is 14.5. The monoisotopic (exact) mass is 657 g/mol. The predicted molar refractivity (Wildman–Crippen MR) is 171 cm³/mol. The number of aryl methyl sites for hydroxylation is 1. The number of anilines is 2. The van der Waals surface area contributed by atoms with Crippen LogP contribution in [0.15, 0.2) is 49.1 Å². The minimum absolute atomic E-state index is 0.0231. The number of rotatable bonds is 9. The van der Waals surface area contributed by atoms with Crippen molar-refractivity contribution in [1.82, 2.24) is 29.6 Å². The lowest BCUT2D eigenvalue weighted by Crippen LogP contribution is -2.40. The first kappa shape index (κ1) is 31.7. The molecular formula is C34H34F3N9O2. The van der Waals surface area contributed by atoms with Crippen LogP contribution in [0.5, 0.6) is 0 Å². The summed E-state index contributed by atoms with van der Waals surface area (Å²) in [5, 5.41) is 21.0. The van der Waals surface area contributed by atoms with Crippen molar-refractivity contribution in [3.05, 3.63) is 71.3 Å². The second kappa shape index (κ2) is 12.3. The lowest BCUT2D eigenvalue weighted by molar-refractivity contribution is -0.138. The number of nitriles is 1. The molecule has 1 N–H and O–H groups in total. The van der Waals surface area contributed by atoms with E-state index < -0.39 is 17.6 Å². The smallest absolute Gasteiger partial charge is 0.376 e. The zero-order valence-electron chi connectivity index (χ0n) is 26.6. The number of amides is 1. The molecule has 11 nitrogen and oxygen atoms in total. The van der Waals surface area contributed by atoms with Crippen molar-refractivity contribution >= 4 is 17.5 Å². The van der Waals surface area contributed by atoms with Crippen LogP contribution >= 0.6 is 0 Å². The Labute approximate surface area is 275 Å². The van der Waals surface area contributed by atoms with Gasteiger partial charge in [0.15, 0.2) is 5.82 Å². The molecule has 7 rings (SSSR count). The standard InChI is InChI=1S/C34H34F3N9O2/c1-21-16-45(9-10-48-21)17-22-11-25-27(28(12-22)34(35,36)37)18-46(32(25)47)30-14-23(13-29(42-30)40-19-33(4-5-33)6-7-38)26-15-39-8-3-24(26)31-43-41-20-44(31)2/h3,8,11-15,20-21H,4-6,9-10,16-19H2,1-2H3,(H,40,42)/t21-/m0/s1. The maximum Gasteiger partial charge on any atom is 0.416 e. The number of fused-ring (bicyclic) bond motifs is 1. The molecule has 0 spiro atoms. The summed E-state index contributed by atoms with van der Waals surface area (Å²) in [6.07, 6.45) is 2.43. The van der Waals surface area contributed by atoms with Crippen molar-refractivity contribution in [3.8, 4) is 28.6 Å². The van der Waals surface area contributed by atoms with E-state index in [1.807, 2.05) is 31.0 Å². The van der Waals surface area contributed by atoms with E-state index >= 15 is 0 Å². The van der Waals surface area contributed by atoms with Gasteiger partial charge in [0, 0.05) is 74.1 Å². The number of aromatic nitrogens is 5. The first-order valence-electron chi connectivity index (χ1n) is 15.8. The van der Waals surface area contributed by atoms with Gasteiger partial charge in [-0.2, -0.15) is 18.4 Å². The van der Waals surface area contributed by atoms with E-state index in [9.17, 15) is 23.2 Å². The maximum absolute atomic E-state index is 14.5. The molecule has 0 unspecified atom stereocenters. The molecule has 14 heteroatoms. The van der Waals surface area contributed by atoms with E-state index in [0.29, 0.717) is 61.0 Å². The quantitative estimate of drug-likeness (QED) is 0.250. The number of pyridine rings is 2. The first-order valence-corrected chi connectivity index (χ1v) is 15.8. The fraction of sp³-hybridized carbons (Fsp3) is 0.412. The molecule has 1 saturated heterocycles. The van der Waals surface area contributed by atoms with Crippen molar-refractivity contribution in [3.63, 3.8) is 0 Å². The van der Waals surface area contributed by atoms with Crippen LogP contribution in [0.1, 0.15) is 53.2 Å². The number of halogens is 3. The summed E-state index contributed by atoms with van der Waals surface area (Å²) in [5.74, 6) is 0.672. The van der Waals surface area contributed by atoms with E-state index in [-0.39, 0.29) is 41.6 Å². The van der Waals surface area contributed by atoms with Crippen LogP contribution in [0.4, 0.5) is 24.8 Å². The summed E-state index contributed by atoms with van der Waals surface area (Å²) in [4.78, 5) is 26.5. The van der Waals surface area contributed by atoms with Gasteiger partial charge < -0.3 is 14.6 Å². The molecule has 4 aromatic rings. The van der Waals surface area contributed by atoms with Gasteiger partial charge in [-0.05, 0) is 66.8 Å². The molecule has 1 aliphatic carbocycles. The lowest BCUT2D eigenvalue weighted by atomic mass is 9.98. The number of ether oxygens (including phenoxy) is 1. The largest absolute Gasteiger partial charge is 0.416 e. The normalized spacial score (nSPS) is 18.9. The zero-order chi connectivity index (χ0) is 33.6. The van der Waals surface area contributed by atoms with E-state index in [1.165, 1.54) is 11.0 Å². The van der Waals surface area contributed by atoms with Gasteiger partial charge in [-0.1, -0.05) is 0 Å². The van der Waals surface area contributed by atoms with Crippen LogP contribution in [0.2, 0.25) is 0 Å². The molecule has 1 aromatic carbocycles. The number of nitrogens with one attached hydrogen (secondary N) is 1. The molecule has 3 aliphatic rings. The molecule has 5 heterocycles. The fourth-order valence-electron chi connectivity index (χ4n) is 6.58. The van der Waals surface area contributed by atoms with Crippen molar-refractivity contribution < 1.29 is 22.7 Å². The molecule has 3 aromatic heterocycles. The van der Waals surface area contributed by atoms with Crippen LogP contribution in [0.3, 0.4) is 0 Å². The highest BCUT2D eigenvalue weighted by molar-refractivity contribution is 6.10. The Kier molecular flexibility index (Phi) is 8.13. The van der Waals surface area contributed by atoms with Crippen LogP contribution in [-0.4, -0.2) is 67.9 Å². The first-order chi connectivity index (χ1) is 23.0. The molecule has 2 fully saturated rings. The third-order valence-electron chi connectivity index (χ3n) is 9.37. The van der Waals surface area contributed by atoms with E-state index in [0.717, 1.165) is 18.4 Å². The minimum atomic E-state index is -4.66. The Bertz CT molecular complexity index is 1910. The summed E-state index contributed by atoms with van der Waals surface area (Å²) < 4.78 is 51.0. The summed E-state index contributed by atoms with van der Waals surface area (Å²) in [6, 6.07) is 10.3. The van der Waals surface area contributed by atoms with Crippen LogP contribution < -0.4 is 10.2 Å². The van der Waals surface area contributed by atoms with Gasteiger partial charge >= 0.3 is 6.18 Å². The van der Waals surface area contributed by atoms with Crippen molar-refractivity contribution in [2.24, 2.45) is 12.5 Å². The topological polar surface area (TPSA) is 125 Å². The van der Waals surface area contributed by atoms with Crippen LogP contribution in [0.25, 0.3) is 22.5 Å². The van der Waals surface area contributed by atoms with Crippen LogP contribution in [-0.2, 0) is 31.1 Å². The summed E-state index contributed by atoms with van der Waals surface area (Å²) in [6.45, 7) is 4.09. The van der Waals surface area contributed by atoms with Crippen molar-refractivity contribution in [1.29, 1.82) is 5.26 Å². The van der Waals surface area contributed by atoms with Gasteiger partial charge in [0.2, 0.25) is 0 Å². The number of carbonyl (C=O) groups excluding carboxylic acids is 1. The Balaban J connectivity index is 1.28. The Morgan fingerprint density at radius 2 is 2.00 bits per heavy atom. The van der Waals surface area contributed by atoms with Crippen molar-refractivity contribution in [2.75, 3.05) is 36.5 Å².